The number of imidazole rings is 1. The molecule has 0 aliphatic heterocycles. The molecule has 0 aliphatic carbocycles. The Bertz CT molecular complexity index is 745. The van der Waals surface area contributed by atoms with Gasteiger partial charge < -0.3 is 8.98 Å². The molecule has 2 heterocycles. The van der Waals surface area contributed by atoms with E-state index in [1.807, 2.05) is 19.1 Å². The van der Waals surface area contributed by atoms with Crippen molar-refractivity contribution >= 4 is 22.6 Å². The van der Waals surface area contributed by atoms with Crippen molar-refractivity contribution in [3.63, 3.8) is 0 Å². The summed E-state index contributed by atoms with van der Waals surface area (Å²) in [7, 11) is 0. The van der Waals surface area contributed by atoms with Crippen molar-refractivity contribution in [3.05, 3.63) is 47.4 Å². The Kier molecular flexibility index (Phi) is 3.49. The Morgan fingerprint density at radius 2 is 2.15 bits per heavy atom. The molecule has 3 aromatic rings. The second-order valence-electron chi connectivity index (χ2n) is 4.86. The monoisotopic (exact) mass is 289 g/mol. The van der Waals surface area contributed by atoms with Gasteiger partial charge in [-0.3, -0.25) is 0 Å². The number of alkyl halides is 1. The molecule has 2 aromatic heterocycles. The largest absolute Gasteiger partial charge is 0.444 e. The number of para-hydroxylation sites is 1. The number of fused-ring (bicyclic) bond motifs is 1. The van der Waals surface area contributed by atoms with E-state index in [0.29, 0.717) is 18.3 Å². The third-order valence-electron chi connectivity index (χ3n) is 3.33. The van der Waals surface area contributed by atoms with Crippen molar-refractivity contribution in [3.8, 4) is 0 Å². The molecule has 0 saturated heterocycles. The van der Waals surface area contributed by atoms with Crippen LogP contribution in [0.4, 0.5) is 0 Å². The molecule has 4 nitrogen and oxygen atoms in total. The molecule has 3 rings (SSSR count). The number of halogens is 1. The first-order chi connectivity index (χ1) is 9.69. The maximum absolute atomic E-state index is 5.89. The molecule has 0 N–H and O–H groups in total. The predicted molar refractivity (Wildman–Crippen MR) is 79.2 cm³/mol. The number of hydrogen-bond acceptors (Lipinski definition) is 3. The van der Waals surface area contributed by atoms with Gasteiger partial charge in [-0.15, -0.1) is 11.6 Å². The lowest BCUT2D eigenvalue weighted by atomic mass is 10.2. The lowest BCUT2D eigenvalue weighted by molar-refractivity contribution is 0.456. The van der Waals surface area contributed by atoms with Crippen molar-refractivity contribution in [2.24, 2.45) is 0 Å². The van der Waals surface area contributed by atoms with Crippen LogP contribution in [0.1, 0.15) is 23.0 Å². The van der Waals surface area contributed by atoms with Crippen molar-refractivity contribution in [1.29, 1.82) is 0 Å². The van der Waals surface area contributed by atoms with Gasteiger partial charge in [-0.05, 0) is 25.5 Å². The molecular weight excluding hydrogens is 274 g/mol. The number of oxazole rings is 1. The molecule has 1 aromatic carbocycles. The van der Waals surface area contributed by atoms with Gasteiger partial charge in [-0.1, -0.05) is 12.1 Å². The Labute approximate surface area is 122 Å². The number of nitrogens with zero attached hydrogens (tertiary/aromatic N) is 3. The second kappa shape index (κ2) is 5.29. The van der Waals surface area contributed by atoms with Crippen LogP contribution in [0.3, 0.4) is 0 Å². The molecule has 0 unspecified atom stereocenters. The normalized spacial score (nSPS) is 11.3. The van der Waals surface area contributed by atoms with Gasteiger partial charge in [0.15, 0.2) is 0 Å². The zero-order chi connectivity index (χ0) is 14.1. The molecule has 0 radical (unpaired) electrons. The zero-order valence-electron chi connectivity index (χ0n) is 11.6. The van der Waals surface area contributed by atoms with Crippen LogP contribution in [0.5, 0.6) is 0 Å². The third-order valence-corrected chi connectivity index (χ3v) is 3.52. The average molecular weight is 290 g/mol. The van der Waals surface area contributed by atoms with E-state index in [4.69, 9.17) is 16.0 Å². The van der Waals surface area contributed by atoms with Crippen molar-refractivity contribution in [2.75, 3.05) is 5.88 Å². The first-order valence-electron chi connectivity index (χ1n) is 6.61. The number of hydrogen-bond donors (Lipinski definition) is 0. The summed E-state index contributed by atoms with van der Waals surface area (Å²) in [5.41, 5.74) is 3.32. The highest BCUT2D eigenvalue weighted by molar-refractivity contribution is 6.17. The average Bonchev–Trinajstić information content (AvgIpc) is 2.96. The number of aryl methyl sites for hydroxylation is 3. The summed E-state index contributed by atoms with van der Waals surface area (Å²) in [4.78, 5) is 8.96. The van der Waals surface area contributed by atoms with E-state index in [-0.39, 0.29) is 0 Å². The lowest BCUT2D eigenvalue weighted by Crippen LogP contribution is -2.06. The van der Waals surface area contributed by atoms with Crippen LogP contribution in [0.2, 0.25) is 0 Å². The molecule has 0 spiro atoms. The van der Waals surface area contributed by atoms with E-state index in [9.17, 15) is 0 Å². The standard InChI is InChI=1S/C15H16ClN3O/c1-10-4-3-5-12-15(10)19(13(18-12)6-7-16)9-14-17-8-11(2)20-14/h3-5,8H,6-7,9H2,1-2H3. The Balaban J connectivity index is 2.12. The van der Waals surface area contributed by atoms with Crippen LogP contribution < -0.4 is 0 Å². The highest BCUT2D eigenvalue weighted by atomic mass is 35.5. The highest BCUT2D eigenvalue weighted by Crippen LogP contribution is 2.22. The maximum atomic E-state index is 5.89. The smallest absolute Gasteiger partial charge is 0.214 e. The fourth-order valence-corrected chi connectivity index (χ4v) is 2.64. The molecule has 0 saturated carbocycles. The summed E-state index contributed by atoms with van der Waals surface area (Å²) in [6.45, 7) is 4.57. The molecule has 0 amide bonds. The van der Waals surface area contributed by atoms with Crippen LogP contribution in [0, 0.1) is 13.8 Å². The van der Waals surface area contributed by atoms with Crippen LogP contribution >= 0.6 is 11.6 Å². The topological polar surface area (TPSA) is 43.9 Å². The molecule has 5 heteroatoms. The van der Waals surface area contributed by atoms with Gasteiger partial charge >= 0.3 is 0 Å². The SMILES string of the molecule is Cc1cnc(Cn2c(CCCl)nc3cccc(C)c32)o1. The number of aromatic nitrogens is 3. The molecule has 0 atom stereocenters. The summed E-state index contributed by atoms with van der Waals surface area (Å²) in [6, 6.07) is 6.14. The lowest BCUT2D eigenvalue weighted by Gasteiger charge is -2.07. The van der Waals surface area contributed by atoms with Crippen molar-refractivity contribution in [1.82, 2.24) is 14.5 Å². The minimum absolute atomic E-state index is 0.549. The van der Waals surface area contributed by atoms with Crippen LogP contribution in [0.15, 0.2) is 28.8 Å². The first-order valence-corrected chi connectivity index (χ1v) is 7.14. The van der Waals surface area contributed by atoms with Gasteiger partial charge in [0.05, 0.1) is 17.2 Å². The summed E-state index contributed by atoms with van der Waals surface area (Å²) in [5.74, 6) is 3.04. The van der Waals surface area contributed by atoms with Gasteiger partial charge in [0.25, 0.3) is 0 Å². The fraction of sp³-hybridized carbons (Fsp3) is 0.333. The van der Waals surface area contributed by atoms with E-state index < -0.39 is 0 Å². The molecule has 20 heavy (non-hydrogen) atoms. The molecule has 0 fully saturated rings. The van der Waals surface area contributed by atoms with Gasteiger partial charge in [0.1, 0.15) is 18.1 Å². The molecule has 0 bridgehead atoms. The first kappa shape index (κ1) is 13.2. The van der Waals surface area contributed by atoms with E-state index in [0.717, 1.165) is 29.0 Å². The van der Waals surface area contributed by atoms with E-state index in [2.05, 4.69) is 27.5 Å². The summed E-state index contributed by atoms with van der Waals surface area (Å²) < 4.78 is 7.74. The van der Waals surface area contributed by atoms with Crippen LogP contribution in [0.25, 0.3) is 11.0 Å². The Hall–Kier alpha value is -1.81. The summed E-state index contributed by atoms with van der Waals surface area (Å²) in [6.07, 6.45) is 2.47. The van der Waals surface area contributed by atoms with Gasteiger partial charge in [0, 0.05) is 12.3 Å². The van der Waals surface area contributed by atoms with E-state index in [1.165, 1.54) is 5.56 Å². The number of benzene rings is 1. The molecule has 0 aliphatic rings. The summed E-state index contributed by atoms with van der Waals surface area (Å²) >= 11 is 5.89. The second-order valence-corrected chi connectivity index (χ2v) is 5.24. The van der Waals surface area contributed by atoms with Crippen LogP contribution in [-0.2, 0) is 13.0 Å². The zero-order valence-corrected chi connectivity index (χ0v) is 12.3. The minimum atomic E-state index is 0.549. The van der Waals surface area contributed by atoms with Gasteiger partial charge in [-0.2, -0.15) is 0 Å². The Morgan fingerprint density at radius 1 is 1.30 bits per heavy atom. The summed E-state index contributed by atoms with van der Waals surface area (Å²) in [5, 5.41) is 0. The maximum Gasteiger partial charge on any atom is 0.214 e. The fourth-order valence-electron chi connectivity index (χ4n) is 2.47. The van der Waals surface area contributed by atoms with E-state index in [1.54, 1.807) is 6.20 Å². The molecule has 104 valence electrons. The van der Waals surface area contributed by atoms with Crippen LogP contribution in [-0.4, -0.2) is 20.4 Å². The van der Waals surface area contributed by atoms with Crippen molar-refractivity contribution in [2.45, 2.75) is 26.8 Å². The quantitative estimate of drug-likeness (QED) is 0.691. The van der Waals surface area contributed by atoms with Gasteiger partial charge in [-0.25, -0.2) is 9.97 Å². The highest BCUT2D eigenvalue weighted by Gasteiger charge is 2.14. The van der Waals surface area contributed by atoms with E-state index >= 15 is 0 Å². The van der Waals surface area contributed by atoms with Gasteiger partial charge in [0.2, 0.25) is 5.89 Å². The van der Waals surface area contributed by atoms with Crippen molar-refractivity contribution < 1.29 is 4.42 Å². The Morgan fingerprint density at radius 3 is 2.85 bits per heavy atom. The molecular formula is C15H16ClN3O. The minimum Gasteiger partial charge on any atom is -0.444 e. The predicted octanol–water partition coefficient (Wildman–Crippen LogP) is 3.47. The number of rotatable bonds is 4. The third kappa shape index (κ3) is 2.31.